The van der Waals surface area contributed by atoms with Crippen LogP contribution in [-0.4, -0.2) is 26.3 Å². The summed E-state index contributed by atoms with van der Waals surface area (Å²) in [6, 6.07) is 24.1. The molecule has 9 heteroatoms. The van der Waals surface area contributed by atoms with Crippen molar-refractivity contribution in [3.63, 3.8) is 0 Å². The number of rotatable bonds is 11. The van der Waals surface area contributed by atoms with Crippen LogP contribution in [0.25, 0.3) is 0 Å². The van der Waals surface area contributed by atoms with Crippen LogP contribution in [0.2, 0.25) is 5.02 Å². The zero-order chi connectivity index (χ0) is 27.6. The summed E-state index contributed by atoms with van der Waals surface area (Å²) in [7, 11) is 2.97. The van der Waals surface area contributed by atoms with Crippen molar-refractivity contribution in [3.05, 3.63) is 118 Å². The van der Waals surface area contributed by atoms with Gasteiger partial charge in [-0.2, -0.15) is 5.10 Å². The first-order chi connectivity index (χ1) is 19.0. The molecule has 4 rings (SSSR count). The van der Waals surface area contributed by atoms with Gasteiger partial charge in [-0.15, -0.1) is 0 Å². The molecule has 0 unspecified atom stereocenters. The van der Waals surface area contributed by atoms with Crippen LogP contribution < -0.4 is 24.4 Å². The topological polar surface area (TPSA) is 78.4 Å². The molecular weight excluding hydrogens is 523 g/mol. The monoisotopic (exact) mass is 548 g/mol. The molecule has 0 fully saturated rings. The zero-order valence-corrected chi connectivity index (χ0v) is 22.1. The largest absolute Gasteiger partial charge is 0.493 e. The molecule has 0 atom stereocenters. The Balaban J connectivity index is 1.39. The lowest BCUT2D eigenvalue weighted by Crippen LogP contribution is -2.17. The molecule has 4 aromatic rings. The van der Waals surface area contributed by atoms with E-state index in [1.54, 1.807) is 48.5 Å². The minimum Gasteiger partial charge on any atom is -0.493 e. The first-order valence-electron chi connectivity index (χ1n) is 11.9. The lowest BCUT2D eigenvalue weighted by Gasteiger charge is -2.13. The van der Waals surface area contributed by atoms with Crippen molar-refractivity contribution >= 4 is 23.7 Å². The van der Waals surface area contributed by atoms with Crippen LogP contribution in [0.3, 0.4) is 0 Å². The Labute approximate surface area is 230 Å². The van der Waals surface area contributed by atoms with Crippen LogP contribution in [0.1, 0.15) is 27.0 Å². The summed E-state index contributed by atoms with van der Waals surface area (Å²) >= 11 is 6.40. The van der Waals surface area contributed by atoms with Crippen molar-refractivity contribution in [1.29, 1.82) is 0 Å². The van der Waals surface area contributed by atoms with Crippen LogP contribution >= 0.6 is 11.6 Å². The van der Waals surface area contributed by atoms with E-state index in [4.69, 9.17) is 30.5 Å². The third-order valence-corrected chi connectivity index (χ3v) is 5.91. The number of carbonyl (C=O) groups excluding carboxylic acids is 1. The van der Waals surface area contributed by atoms with Gasteiger partial charge in [-0.25, -0.2) is 9.82 Å². The fourth-order valence-corrected chi connectivity index (χ4v) is 3.89. The maximum atomic E-state index is 13.9. The number of amides is 1. The minimum absolute atomic E-state index is 0.0220. The van der Waals surface area contributed by atoms with Crippen LogP contribution in [0.15, 0.2) is 90.0 Å². The molecule has 7 nitrogen and oxygen atoms in total. The second-order valence-electron chi connectivity index (χ2n) is 8.25. The highest BCUT2D eigenvalue weighted by atomic mass is 35.5. The molecule has 1 amide bonds. The standard InChI is InChI=1S/C30H26ClFN2O5/c1-36-27-16-22(12-13-26(27)38-18-20-8-4-3-5-9-20)30(35)34-33-17-21-14-24(31)29(28(15-21)37-2)39-19-23-10-6-7-11-25(23)32/h3-17H,18-19H2,1-2H3,(H,34,35)/b33-17+. The third-order valence-electron chi connectivity index (χ3n) is 5.62. The first kappa shape index (κ1) is 27.5. The van der Waals surface area contributed by atoms with E-state index in [9.17, 15) is 9.18 Å². The molecule has 0 radical (unpaired) electrons. The number of hydrogen-bond acceptors (Lipinski definition) is 6. The average Bonchev–Trinajstić information content (AvgIpc) is 2.96. The molecule has 0 spiro atoms. The third kappa shape index (κ3) is 7.27. The van der Waals surface area contributed by atoms with E-state index in [1.807, 2.05) is 30.3 Å². The smallest absolute Gasteiger partial charge is 0.271 e. The van der Waals surface area contributed by atoms with Crippen molar-refractivity contribution in [1.82, 2.24) is 5.43 Å². The van der Waals surface area contributed by atoms with Crippen LogP contribution in [0.5, 0.6) is 23.0 Å². The van der Waals surface area contributed by atoms with E-state index in [2.05, 4.69) is 10.5 Å². The number of halogens is 2. The van der Waals surface area contributed by atoms with Crippen LogP contribution in [0.4, 0.5) is 4.39 Å². The molecule has 39 heavy (non-hydrogen) atoms. The van der Waals surface area contributed by atoms with E-state index in [-0.39, 0.29) is 23.2 Å². The molecule has 0 saturated heterocycles. The molecule has 1 N–H and O–H groups in total. The lowest BCUT2D eigenvalue weighted by molar-refractivity contribution is 0.0954. The number of benzene rings is 4. The van der Waals surface area contributed by atoms with E-state index in [0.29, 0.717) is 40.5 Å². The number of ether oxygens (including phenoxy) is 4. The Bertz CT molecular complexity index is 1460. The minimum atomic E-state index is -0.443. The molecule has 0 aliphatic carbocycles. The Hall–Kier alpha value is -4.56. The van der Waals surface area contributed by atoms with Gasteiger partial charge in [0, 0.05) is 11.1 Å². The number of hydrogen-bond donors (Lipinski definition) is 1. The second kappa shape index (κ2) is 13.3. The molecule has 0 bridgehead atoms. The van der Waals surface area contributed by atoms with Gasteiger partial charge < -0.3 is 18.9 Å². The van der Waals surface area contributed by atoms with Crippen molar-refractivity contribution in [2.45, 2.75) is 13.2 Å². The van der Waals surface area contributed by atoms with Gasteiger partial charge in [0.1, 0.15) is 19.0 Å². The Kier molecular flexibility index (Phi) is 9.37. The van der Waals surface area contributed by atoms with Gasteiger partial charge in [-0.05, 0) is 47.5 Å². The number of carbonyl (C=O) groups is 1. The van der Waals surface area contributed by atoms with E-state index >= 15 is 0 Å². The molecule has 200 valence electrons. The van der Waals surface area contributed by atoms with Gasteiger partial charge in [0.15, 0.2) is 23.0 Å². The molecule has 0 saturated carbocycles. The predicted octanol–water partition coefficient (Wildman–Crippen LogP) is 6.42. The van der Waals surface area contributed by atoms with Crippen LogP contribution in [-0.2, 0) is 13.2 Å². The van der Waals surface area contributed by atoms with Crippen molar-refractivity contribution in [2.75, 3.05) is 14.2 Å². The number of nitrogens with zero attached hydrogens (tertiary/aromatic N) is 1. The summed E-state index contributed by atoms with van der Waals surface area (Å²) in [6.45, 7) is 0.345. The van der Waals surface area contributed by atoms with Crippen molar-refractivity contribution in [3.8, 4) is 23.0 Å². The normalized spacial score (nSPS) is 10.8. The molecular formula is C30H26ClFN2O5. The Morgan fingerprint density at radius 2 is 1.62 bits per heavy atom. The SMILES string of the molecule is COc1cc(C(=O)N/N=C/c2cc(Cl)c(OCc3ccccc3F)c(OC)c2)ccc1OCc1ccccc1. The number of nitrogens with one attached hydrogen (secondary N) is 1. The number of hydrazone groups is 1. The molecule has 4 aromatic carbocycles. The summed E-state index contributed by atoms with van der Waals surface area (Å²) in [5.41, 5.74) is 4.76. The van der Waals surface area contributed by atoms with Gasteiger partial charge in [0.25, 0.3) is 5.91 Å². The predicted molar refractivity (Wildman–Crippen MR) is 148 cm³/mol. The fourth-order valence-electron chi connectivity index (χ4n) is 3.61. The summed E-state index contributed by atoms with van der Waals surface area (Å²) in [6.07, 6.45) is 1.42. The second-order valence-corrected chi connectivity index (χ2v) is 8.66. The van der Waals surface area contributed by atoms with Crippen molar-refractivity contribution < 1.29 is 28.1 Å². The van der Waals surface area contributed by atoms with Gasteiger partial charge in [-0.1, -0.05) is 60.1 Å². The Morgan fingerprint density at radius 1 is 0.872 bits per heavy atom. The first-order valence-corrected chi connectivity index (χ1v) is 12.3. The zero-order valence-electron chi connectivity index (χ0n) is 21.3. The average molecular weight is 549 g/mol. The summed E-state index contributed by atoms with van der Waals surface area (Å²) in [4.78, 5) is 12.7. The van der Waals surface area contributed by atoms with E-state index in [1.165, 1.54) is 26.5 Å². The maximum Gasteiger partial charge on any atom is 0.271 e. The van der Waals surface area contributed by atoms with Gasteiger partial charge in [0.05, 0.1) is 25.5 Å². The quantitative estimate of drug-likeness (QED) is 0.173. The highest BCUT2D eigenvalue weighted by Crippen LogP contribution is 2.36. The fraction of sp³-hybridized carbons (Fsp3) is 0.133. The summed E-state index contributed by atoms with van der Waals surface area (Å²) in [5, 5.41) is 4.27. The van der Waals surface area contributed by atoms with Gasteiger partial charge >= 0.3 is 0 Å². The van der Waals surface area contributed by atoms with Gasteiger partial charge in [0.2, 0.25) is 0 Å². The lowest BCUT2D eigenvalue weighted by atomic mass is 10.2. The highest BCUT2D eigenvalue weighted by Gasteiger charge is 2.14. The van der Waals surface area contributed by atoms with Crippen LogP contribution in [0, 0.1) is 5.82 Å². The molecule has 0 aliphatic rings. The van der Waals surface area contributed by atoms with Gasteiger partial charge in [-0.3, -0.25) is 4.79 Å². The molecule has 0 heterocycles. The van der Waals surface area contributed by atoms with E-state index < -0.39 is 5.91 Å². The maximum absolute atomic E-state index is 13.9. The highest BCUT2D eigenvalue weighted by molar-refractivity contribution is 6.32. The molecule has 0 aliphatic heterocycles. The summed E-state index contributed by atoms with van der Waals surface area (Å²) in [5.74, 6) is 0.722. The summed E-state index contributed by atoms with van der Waals surface area (Å²) < 4.78 is 36.3. The number of methoxy groups -OCH3 is 2. The van der Waals surface area contributed by atoms with Crippen molar-refractivity contribution in [2.24, 2.45) is 5.10 Å². The Morgan fingerprint density at radius 3 is 2.36 bits per heavy atom. The van der Waals surface area contributed by atoms with E-state index in [0.717, 1.165) is 5.56 Å². The molecule has 0 aromatic heterocycles.